The predicted molar refractivity (Wildman–Crippen MR) is 56.0 cm³/mol. The lowest BCUT2D eigenvalue weighted by Crippen LogP contribution is -2.37. The summed E-state index contributed by atoms with van der Waals surface area (Å²) in [5.74, 6) is 0. The van der Waals surface area contributed by atoms with E-state index in [2.05, 4.69) is 0 Å². The van der Waals surface area contributed by atoms with Crippen LogP contribution in [-0.4, -0.2) is 41.9 Å². The molecule has 0 aliphatic carbocycles. The van der Waals surface area contributed by atoms with E-state index in [4.69, 9.17) is 5.11 Å². The Balaban J connectivity index is 2.78. The van der Waals surface area contributed by atoms with E-state index < -0.39 is 6.10 Å². The predicted octanol–water partition coefficient (Wildman–Crippen LogP) is 0.643. The van der Waals surface area contributed by atoms with Crippen LogP contribution in [0.15, 0.2) is 30.3 Å². The fourth-order valence-electron chi connectivity index (χ4n) is 1.42. The van der Waals surface area contributed by atoms with Gasteiger partial charge in [-0.15, -0.1) is 0 Å². The van der Waals surface area contributed by atoms with Gasteiger partial charge < -0.3 is 15.1 Å². The minimum atomic E-state index is -0.642. The first-order chi connectivity index (χ1) is 6.66. The van der Waals surface area contributed by atoms with Gasteiger partial charge in [-0.05, 0) is 19.7 Å². The highest BCUT2D eigenvalue weighted by atomic mass is 16.3. The first-order valence-electron chi connectivity index (χ1n) is 4.67. The number of nitrogens with zero attached hydrogens (tertiary/aromatic N) is 1. The number of likely N-dealkylation sites (N-methyl/N-ethyl adjacent to an activating group) is 1. The van der Waals surface area contributed by atoms with E-state index in [0.29, 0.717) is 0 Å². The van der Waals surface area contributed by atoms with E-state index in [1.807, 2.05) is 49.3 Å². The van der Waals surface area contributed by atoms with Crippen molar-refractivity contribution in [2.24, 2.45) is 0 Å². The molecule has 0 fully saturated rings. The Labute approximate surface area is 84.6 Å². The molecule has 2 N–H and O–H groups in total. The standard InChI is InChI=1S/C11H17NO2/c1-12(2)10(8-13)11(14)9-6-4-3-5-7-9/h3-7,10-11,13-14H,8H2,1-2H3/t10-,11+/m1/s1. The molecule has 3 heteroatoms. The normalized spacial score (nSPS) is 15.5. The molecule has 0 aliphatic heterocycles. The smallest absolute Gasteiger partial charge is 0.0967 e. The Morgan fingerprint density at radius 1 is 1.21 bits per heavy atom. The number of rotatable bonds is 4. The topological polar surface area (TPSA) is 43.7 Å². The van der Waals surface area contributed by atoms with Crippen LogP contribution in [0.5, 0.6) is 0 Å². The Morgan fingerprint density at radius 3 is 2.21 bits per heavy atom. The molecule has 1 aromatic carbocycles. The number of aliphatic hydroxyl groups is 2. The van der Waals surface area contributed by atoms with Crippen molar-refractivity contribution in [1.82, 2.24) is 4.90 Å². The second kappa shape index (κ2) is 5.10. The molecule has 0 aliphatic rings. The van der Waals surface area contributed by atoms with E-state index in [1.54, 1.807) is 0 Å². The van der Waals surface area contributed by atoms with Crippen LogP contribution in [0.4, 0.5) is 0 Å². The summed E-state index contributed by atoms with van der Waals surface area (Å²) in [5, 5.41) is 19.1. The fraction of sp³-hybridized carbons (Fsp3) is 0.455. The number of hydrogen-bond acceptors (Lipinski definition) is 3. The van der Waals surface area contributed by atoms with E-state index >= 15 is 0 Å². The highest BCUT2D eigenvalue weighted by Crippen LogP contribution is 2.18. The highest BCUT2D eigenvalue weighted by Gasteiger charge is 2.21. The van der Waals surface area contributed by atoms with Crippen molar-refractivity contribution in [1.29, 1.82) is 0 Å². The van der Waals surface area contributed by atoms with Crippen molar-refractivity contribution in [2.75, 3.05) is 20.7 Å². The van der Waals surface area contributed by atoms with Gasteiger partial charge in [0, 0.05) is 0 Å². The fourth-order valence-corrected chi connectivity index (χ4v) is 1.42. The molecule has 0 unspecified atom stereocenters. The molecule has 0 spiro atoms. The third-order valence-electron chi connectivity index (χ3n) is 2.36. The summed E-state index contributed by atoms with van der Waals surface area (Å²) in [4.78, 5) is 1.82. The zero-order chi connectivity index (χ0) is 10.6. The van der Waals surface area contributed by atoms with Crippen LogP contribution in [0.25, 0.3) is 0 Å². The van der Waals surface area contributed by atoms with Gasteiger partial charge in [0.25, 0.3) is 0 Å². The molecule has 2 atom stereocenters. The molecule has 1 rings (SSSR count). The molecule has 0 saturated heterocycles. The van der Waals surface area contributed by atoms with Crippen LogP contribution >= 0.6 is 0 Å². The van der Waals surface area contributed by atoms with Crippen LogP contribution in [0.3, 0.4) is 0 Å². The van der Waals surface area contributed by atoms with Gasteiger partial charge in [0.1, 0.15) is 0 Å². The van der Waals surface area contributed by atoms with Gasteiger partial charge in [0.05, 0.1) is 18.8 Å². The Bertz CT molecular complexity index is 261. The molecule has 0 saturated carbocycles. The van der Waals surface area contributed by atoms with Crippen molar-refractivity contribution in [3.63, 3.8) is 0 Å². The maximum Gasteiger partial charge on any atom is 0.0967 e. The molecule has 0 amide bonds. The molecule has 14 heavy (non-hydrogen) atoms. The van der Waals surface area contributed by atoms with Crippen molar-refractivity contribution >= 4 is 0 Å². The van der Waals surface area contributed by atoms with E-state index in [0.717, 1.165) is 5.56 Å². The van der Waals surface area contributed by atoms with Crippen molar-refractivity contribution < 1.29 is 10.2 Å². The maximum absolute atomic E-state index is 9.95. The second-order valence-corrected chi connectivity index (χ2v) is 3.57. The molecule has 0 heterocycles. The molecule has 0 radical (unpaired) electrons. The van der Waals surface area contributed by atoms with Crippen LogP contribution in [0, 0.1) is 0 Å². The number of hydrogen-bond donors (Lipinski definition) is 2. The monoisotopic (exact) mass is 195 g/mol. The molecule has 3 nitrogen and oxygen atoms in total. The van der Waals surface area contributed by atoms with Crippen molar-refractivity contribution in [3.05, 3.63) is 35.9 Å². The summed E-state index contributed by atoms with van der Waals surface area (Å²) in [5.41, 5.74) is 0.834. The van der Waals surface area contributed by atoms with Crippen LogP contribution in [0.2, 0.25) is 0 Å². The lowest BCUT2D eigenvalue weighted by atomic mass is 10.0. The summed E-state index contributed by atoms with van der Waals surface area (Å²) >= 11 is 0. The van der Waals surface area contributed by atoms with Crippen LogP contribution in [0.1, 0.15) is 11.7 Å². The minimum absolute atomic E-state index is 0.0525. The Kier molecular flexibility index (Phi) is 4.07. The average molecular weight is 195 g/mol. The van der Waals surface area contributed by atoms with E-state index in [9.17, 15) is 5.11 Å². The summed E-state index contributed by atoms with van der Waals surface area (Å²) in [6.45, 7) is -0.0525. The van der Waals surface area contributed by atoms with Crippen molar-refractivity contribution in [2.45, 2.75) is 12.1 Å². The van der Waals surface area contributed by atoms with Gasteiger partial charge in [-0.25, -0.2) is 0 Å². The van der Waals surface area contributed by atoms with E-state index in [1.165, 1.54) is 0 Å². The minimum Gasteiger partial charge on any atom is -0.395 e. The second-order valence-electron chi connectivity index (χ2n) is 3.57. The zero-order valence-corrected chi connectivity index (χ0v) is 8.59. The van der Waals surface area contributed by atoms with Crippen LogP contribution in [-0.2, 0) is 0 Å². The Hall–Kier alpha value is -0.900. The van der Waals surface area contributed by atoms with Crippen LogP contribution < -0.4 is 0 Å². The molecular formula is C11H17NO2. The van der Waals surface area contributed by atoms with Gasteiger partial charge in [0.2, 0.25) is 0 Å². The number of benzene rings is 1. The summed E-state index contributed by atoms with van der Waals surface area (Å²) in [6, 6.07) is 9.12. The molecule has 0 aromatic heterocycles. The molecule has 1 aromatic rings. The van der Waals surface area contributed by atoms with Gasteiger partial charge in [-0.3, -0.25) is 0 Å². The quantitative estimate of drug-likeness (QED) is 0.741. The van der Waals surface area contributed by atoms with Gasteiger partial charge in [-0.1, -0.05) is 30.3 Å². The molecular weight excluding hydrogens is 178 g/mol. The van der Waals surface area contributed by atoms with Gasteiger partial charge in [-0.2, -0.15) is 0 Å². The molecule has 0 bridgehead atoms. The average Bonchev–Trinajstić information content (AvgIpc) is 2.19. The van der Waals surface area contributed by atoms with Crippen molar-refractivity contribution in [3.8, 4) is 0 Å². The zero-order valence-electron chi connectivity index (χ0n) is 8.59. The Morgan fingerprint density at radius 2 is 1.79 bits per heavy atom. The maximum atomic E-state index is 9.95. The van der Waals surface area contributed by atoms with Gasteiger partial charge in [0.15, 0.2) is 0 Å². The summed E-state index contributed by atoms with van der Waals surface area (Å²) < 4.78 is 0. The summed E-state index contributed by atoms with van der Waals surface area (Å²) in [7, 11) is 3.68. The van der Waals surface area contributed by atoms with E-state index in [-0.39, 0.29) is 12.6 Å². The molecule has 78 valence electrons. The third-order valence-corrected chi connectivity index (χ3v) is 2.36. The first-order valence-corrected chi connectivity index (χ1v) is 4.67. The number of aliphatic hydroxyl groups excluding tert-OH is 2. The summed E-state index contributed by atoms with van der Waals surface area (Å²) in [6.07, 6.45) is -0.642. The first kappa shape index (κ1) is 11.2. The largest absolute Gasteiger partial charge is 0.395 e. The highest BCUT2D eigenvalue weighted by molar-refractivity contribution is 5.18. The third kappa shape index (κ3) is 2.54. The SMILES string of the molecule is CN(C)[C@H](CO)[C@@H](O)c1ccccc1. The lowest BCUT2D eigenvalue weighted by Gasteiger charge is -2.27. The van der Waals surface area contributed by atoms with Gasteiger partial charge >= 0.3 is 0 Å². The lowest BCUT2D eigenvalue weighted by molar-refractivity contribution is 0.0390.